The summed E-state index contributed by atoms with van der Waals surface area (Å²) >= 11 is 0. The fourth-order valence-corrected chi connectivity index (χ4v) is 2.22. The molecule has 0 atom stereocenters. The Labute approximate surface area is 113 Å². The van der Waals surface area contributed by atoms with Gasteiger partial charge < -0.3 is 0 Å². The van der Waals surface area contributed by atoms with Crippen LogP contribution in [0.1, 0.15) is 11.1 Å². The molecule has 20 heavy (non-hydrogen) atoms. The summed E-state index contributed by atoms with van der Waals surface area (Å²) in [5, 5.41) is 5.06. The molecular formula is C15H11F3N2. The van der Waals surface area contributed by atoms with Gasteiger partial charge in [0, 0.05) is 5.39 Å². The molecule has 0 radical (unpaired) electrons. The summed E-state index contributed by atoms with van der Waals surface area (Å²) in [6.07, 6.45) is -2.72. The SMILES string of the molecule is Cc1ccc(-n2ncc3ccccc32)cc1C(F)(F)F. The molecule has 0 unspecified atom stereocenters. The molecule has 1 aromatic heterocycles. The van der Waals surface area contributed by atoms with Crippen molar-refractivity contribution in [2.24, 2.45) is 0 Å². The Balaban J connectivity index is 2.20. The average molecular weight is 276 g/mol. The number of hydrogen-bond donors (Lipinski definition) is 0. The number of benzene rings is 2. The number of aromatic nitrogens is 2. The van der Waals surface area contributed by atoms with Crippen LogP contribution in [0.5, 0.6) is 0 Å². The first-order valence-electron chi connectivity index (χ1n) is 6.08. The number of aryl methyl sites for hydroxylation is 1. The van der Waals surface area contributed by atoms with Crippen LogP contribution < -0.4 is 0 Å². The fraction of sp³-hybridized carbons (Fsp3) is 0.133. The van der Waals surface area contributed by atoms with E-state index in [2.05, 4.69) is 5.10 Å². The van der Waals surface area contributed by atoms with Crippen LogP contribution in [0.3, 0.4) is 0 Å². The van der Waals surface area contributed by atoms with Gasteiger partial charge in [-0.15, -0.1) is 0 Å². The molecule has 0 fully saturated rings. The fourth-order valence-electron chi connectivity index (χ4n) is 2.22. The highest BCUT2D eigenvalue weighted by molar-refractivity contribution is 5.80. The lowest BCUT2D eigenvalue weighted by Gasteiger charge is -2.12. The van der Waals surface area contributed by atoms with Crippen molar-refractivity contribution in [3.05, 3.63) is 59.8 Å². The Hall–Kier alpha value is -2.30. The van der Waals surface area contributed by atoms with Crippen LogP contribution in [0.25, 0.3) is 16.6 Å². The second-order valence-electron chi connectivity index (χ2n) is 4.61. The number of alkyl halides is 3. The van der Waals surface area contributed by atoms with Gasteiger partial charge in [-0.3, -0.25) is 0 Å². The summed E-state index contributed by atoms with van der Waals surface area (Å²) in [6.45, 7) is 1.45. The number of hydrogen-bond acceptors (Lipinski definition) is 1. The van der Waals surface area contributed by atoms with Crippen molar-refractivity contribution in [3.8, 4) is 5.69 Å². The van der Waals surface area contributed by atoms with Gasteiger partial charge in [0.1, 0.15) is 0 Å². The Morgan fingerprint density at radius 2 is 1.80 bits per heavy atom. The molecule has 2 aromatic carbocycles. The van der Waals surface area contributed by atoms with E-state index in [1.807, 2.05) is 24.3 Å². The number of halogens is 3. The second kappa shape index (κ2) is 4.37. The molecule has 0 bridgehead atoms. The Kier molecular flexibility index (Phi) is 2.78. The minimum absolute atomic E-state index is 0.206. The highest BCUT2D eigenvalue weighted by Gasteiger charge is 2.32. The molecule has 2 nitrogen and oxygen atoms in total. The van der Waals surface area contributed by atoms with Crippen molar-refractivity contribution in [2.45, 2.75) is 13.1 Å². The van der Waals surface area contributed by atoms with Crippen LogP contribution in [0.4, 0.5) is 13.2 Å². The third-order valence-corrected chi connectivity index (χ3v) is 3.25. The minimum atomic E-state index is -4.36. The van der Waals surface area contributed by atoms with Crippen LogP contribution in [0.15, 0.2) is 48.7 Å². The normalized spacial score (nSPS) is 12.0. The smallest absolute Gasteiger partial charge is 0.233 e. The molecule has 1 heterocycles. The van der Waals surface area contributed by atoms with Gasteiger partial charge in [0.15, 0.2) is 0 Å². The van der Waals surface area contributed by atoms with Crippen molar-refractivity contribution in [2.75, 3.05) is 0 Å². The van der Waals surface area contributed by atoms with E-state index >= 15 is 0 Å². The number of para-hydroxylation sites is 1. The summed E-state index contributed by atoms with van der Waals surface area (Å²) in [7, 11) is 0. The Morgan fingerprint density at radius 3 is 2.55 bits per heavy atom. The van der Waals surface area contributed by atoms with Crippen LogP contribution in [-0.2, 0) is 6.18 Å². The first-order chi connectivity index (χ1) is 9.47. The summed E-state index contributed by atoms with van der Waals surface area (Å²) in [6, 6.07) is 11.6. The maximum absolute atomic E-state index is 13.0. The van der Waals surface area contributed by atoms with Crippen LogP contribution >= 0.6 is 0 Å². The maximum Gasteiger partial charge on any atom is 0.416 e. The van der Waals surface area contributed by atoms with Gasteiger partial charge in [-0.25, -0.2) is 4.68 Å². The standard InChI is InChI=1S/C15H11F3N2/c1-10-6-7-12(8-13(10)15(16,17)18)20-14-5-3-2-4-11(14)9-19-20/h2-9H,1H3. The Bertz CT molecular complexity index is 772. The van der Waals surface area contributed by atoms with Crippen LogP contribution in [0.2, 0.25) is 0 Å². The first kappa shape index (κ1) is 12.7. The molecule has 0 amide bonds. The molecule has 0 aliphatic heterocycles. The van der Waals surface area contributed by atoms with Crippen LogP contribution in [-0.4, -0.2) is 9.78 Å². The van der Waals surface area contributed by atoms with Gasteiger partial charge in [0.25, 0.3) is 0 Å². The number of rotatable bonds is 1. The molecule has 0 aliphatic carbocycles. The van der Waals surface area contributed by atoms with E-state index < -0.39 is 11.7 Å². The van der Waals surface area contributed by atoms with Gasteiger partial charge >= 0.3 is 6.18 Å². The molecule has 3 rings (SSSR count). The van der Waals surface area contributed by atoms with Crippen molar-refractivity contribution >= 4 is 10.9 Å². The third kappa shape index (κ3) is 2.05. The highest BCUT2D eigenvalue weighted by Crippen LogP contribution is 2.33. The number of nitrogens with zero attached hydrogens (tertiary/aromatic N) is 2. The van der Waals surface area contributed by atoms with Crippen molar-refractivity contribution in [1.82, 2.24) is 9.78 Å². The predicted molar refractivity (Wildman–Crippen MR) is 70.8 cm³/mol. The topological polar surface area (TPSA) is 17.8 Å². The predicted octanol–water partition coefficient (Wildman–Crippen LogP) is 4.35. The zero-order valence-electron chi connectivity index (χ0n) is 10.6. The van der Waals surface area contributed by atoms with Crippen molar-refractivity contribution in [3.63, 3.8) is 0 Å². The third-order valence-electron chi connectivity index (χ3n) is 3.25. The first-order valence-corrected chi connectivity index (χ1v) is 6.08. The molecule has 0 saturated heterocycles. The van der Waals surface area contributed by atoms with E-state index in [1.165, 1.54) is 17.7 Å². The largest absolute Gasteiger partial charge is 0.416 e. The quantitative estimate of drug-likeness (QED) is 0.646. The average Bonchev–Trinajstić information content (AvgIpc) is 2.82. The molecule has 0 saturated carbocycles. The summed E-state index contributed by atoms with van der Waals surface area (Å²) in [5.74, 6) is 0. The summed E-state index contributed by atoms with van der Waals surface area (Å²) in [4.78, 5) is 0. The lowest BCUT2D eigenvalue weighted by Crippen LogP contribution is -2.09. The van der Waals surface area contributed by atoms with Gasteiger partial charge in [-0.1, -0.05) is 24.3 Å². The molecule has 0 N–H and O–H groups in total. The van der Waals surface area contributed by atoms with Crippen molar-refractivity contribution in [1.29, 1.82) is 0 Å². The molecular weight excluding hydrogens is 265 g/mol. The van der Waals surface area contributed by atoms with Gasteiger partial charge in [-0.05, 0) is 30.7 Å². The van der Waals surface area contributed by atoms with E-state index in [9.17, 15) is 13.2 Å². The molecule has 102 valence electrons. The number of fused-ring (bicyclic) bond motifs is 1. The molecule has 0 aliphatic rings. The van der Waals surface area contributed by atoms with E-state index in [4.69, 9.17) is 0 Å². The highest BCUT2D eigenvalue weighted by atomic mass is 19.4. The molecule has 0 spiro atoms. The van der Waals surface area contributed by atoms with Crippen LogP contribution in [0, 0.1) is 6.92 Å². The minimum Gasteiger partial charge on any atom is -0.233 e. The zero-order chi connectivity index (χ0) is 14.3. The summed E-state index contributed by atoms with van der Waals surface area (Å²) in [5.41, 5.74) is 0.765. The second-order valence-corrected chi connectivity index (χ2v) is 4.61. The molecule has 3 aromatic rings. The van der Waals surface area contributed by atoms with Gasteiger partial charge in [0.2, 0.25) is 0 Å². The lowest BCUT2D eigenvalue weighted by atomic mass is 10.1. The summed E-state index contributed by atoms with van der Waals surface area (Å²) < 4.78 is 40.4. The van der Waals surface area contributed by atoms with Gasteiger partial charge in [-0.2, -0.15) is 18.3 Å². The van der Waals surface area contributed by atoms with E-state index in [-0.39, 0.29) is 5.56 Å². The van der Waals surface area contributed by atoms with Gasteiger partial charge in [0.05, 0.1) is 23.0 Å². The zero-order valence-corrected chi connectivity index (χ0v) is 10.6. The lowest BCUT2D eigenvalue weighted by molar-refractivity contribution is -0.138. The Morgan fingerprint density at radius 1 is 1.05 bits per heavy atom. The van der Waals surface area contributed by atoms with E-state index in [0.717, 1.165) is 17.0 Å². The van der Waals surface area contributed by atoms with Crippen molar-refractivity contribution < 1.29 is 13.2 Å². The van der Waals surface area contributed by atoms with E-state index in [0.29, 0.717) is 5.69 Å². The van der Waals surface area contributed by atoms with E-state index in [1.54, 1.807) is 12.3 Å². The maximum atomic E-state index is 13.0. The monoisotopic (exact) mass is 276 g/mol. The molecule has 5 heteroatoms.